The minimum absolute atomic E-state index is 0.0809. The molecule has 3 aromatic rings. The van der Waals surface area contributed by atoms with E-state index < -0.39 is 28.9 Å². The fourth-order valence-electron chi connectivity index (χ4n) is 2.22. The van der Waals surface area contributed by atoms with Gasteiger partial charge in [-0.25, -0.2) is 13.2 Å². The molecule has 0 bridgehead atoms. The number of halogens is 3. The van der Waals surface area contributed by atoms with Crippen molar-refractivity contribution in [3.63, 3.8) is 0 Å². The van der Waals surface area contributed by atoms with Crippen LogP contribution in [0.15, 0.2) is 41.4 Å². The summed E-state index contributed by atoms with van der Waals surface area (Å²) in [5.74, 6) is -1.11. The van der Waals surface area contributed by atoms with Crippen LogP contribution in [0.2, 0.25) is 0 Å². The number of terminal acetylenes is 1. The highest BCUT2D eigenvalue weighted by Crippen LogP contribution is 2.19. The van der Waals surface area contributed by atoms with Crippen molar-refractivity contribution in [2.24, 2.45) is 4.99 Å². The lowest BCUT2D eigenvalue weighted by Crippen LogP contribution is -2.17. The standard InChI is InChI=1S/C17H9F3N2OS/c1-2-8-22-13-7-6-10(18)9-14(13)24-17(22)21-16(23)15-11(19)4-3-5-12(15)20/h1,3-7,9H,8H2. The smallest absolute Gasteiger partial charge is 0.285 e. The first-order valence-corrected chi connectivity index (χ1v) is 7.58. The van der Waals surface area contributed by atoms with Gasteiger partial charge in [0.05, 0.1) is 16.8 Å². The number of carbonyl (C=O) groups excluding carboxylic acids is 1. The van der Waals surface area contributed by atoms with Gasteiger partial charge in [0.2, 0.25) is 0 Å². The van der Waals surface area contributed by atoms with Crippen molar-refractivity contribution in [2.75, 3.05) is 0 Å². The highest BCUT2D eigenvalue weighted by atomic mass is 32.1. The molecule has 0 aliphatic rings. The number of amides is 1. The van der Waals surface area contributed by atoms with Crippen molar-refractivity contribution < 1.29 is 18.0 Å². The molecule has 0 saturated heterocycles. The van der Waals surface area contributed by atoms with E-state index in [4.69, 9.17) is 6.42 Å². The second-order valence-corrected chi connectivity index (χ2v) is 5.81. The molecule has 0 spiro atoms. The molecule has 0 atom stereocenters. The summed E-state index contributed by atoms with van der Waals surface area (Å²) in [7, 11) is 0. The van der Waals surface area contributed by atoms with Crippen molar-refractivity contribution in [1.82, 2.24) is 4.57 Å². The number of benzene rings is 2. The average molecular weight is 346 g/mol. The number of rotatable bonds is 2. The third-order valence-corrected chi connectivity index (χ3v) is 4.31. The van der Waals surface area contributed by atoms with E-state index in [1.807, 2.05) is 0 Å². The van der Waals surface area contributed by atoms with Crippen LogP contribution in [0.3, 0.4) is 0 Å². The number of hydrogen-bond acceptors (Lipinski definition) is 2. The molecule has 24 heavy (non-hydrogen) atoms. The van der Waals surface area contributed by atoms with Crippen LogP contribution in [0.5, 0.6) is 0 Å². The third-order valence-electron chi connectivity index (χ3n) is 3.27. The molecule has 0 N–H and O–H groups in total. The van der Waals surface area contributed by atoms with Crippen molar-refractivity contribution in [2.45, 2.75) is 6.54 Å². The molecular weight excluding hydrogens is 337 g/mol. The van der Waals surface area contributed by atoms with Crippen molar-refractivity contribution >= 4 is 27.5 Å². The van der Waals surface area contributed by atoms with Gasteiger partial charge in [-0.1, -0.05) is 23.3 Å². The second kappa shape index (κ2) is 6.34. The summed E-state index contributed by atoms with van der Waals surface area (Å²) in [4.78, 5) is 16.1. The maximum absolute atomic E-state index is 13.7. The van der Waals surface area contributed by atoms with Crippen LogP contribution in [-0.2, 0) is 6.54 Å². The number of aromatic nitrogens is 1. The third kappa shape index (κ3) is 2.84. The van der Waals surface area contributed by atoms with Gasteiger partial charge in [0.15, 0.2) is 4.80 Å². The summed E-state index contributed by atoms with van der Waals surface area (Å²) in [6, 6.07) is 7.14. The van der Waals surface area contributed by atoms with Crippen LogP contribution in [0.4, 0.5) is 13.2 Å². The Morgan fingerprint density at radius 3 is 2.58 bits per heavy atom. The lowest BCUT2D eigenvalue weighted by atomic mass is 10.2. The molecule has 3 rings (SSSR count). The van der Waals surface area contributed by atoms with Gasteiger partial charge in [0.25, 0.3) is 5.91 Å². The van der Waals surface area contributed by atoms with E-state index in [2.05, 4.69) is 10.9 Å². The fourth-order valence-corrected chi connectivity index (χ4v) is 3.27. The van der Waals surface area contributed by atoms with Gasteiger partial charge >= 0.3 is 0 Å². The SMILES string of the molecule is C#CCn1c(=NC(=O)c2c(F)cccc2F)sc2cc(F)ccc21. The highest BCUT2D eigenvalue weighted by Gasteiger charge is 2.17. The van der Waals surface area contributed by atoms with Crippen molar-refractivity contribution in [1.29, 1.82) is 0 Å². The van der Waals surface area contributed by atoms with E-state index >= 15 is 0 Å². The Labute approximate surface area is 138 Å². The fraction of sp³-hybridized carbons (Fsp3) is 0.0588. The summed E-state index contributed by atoms with van der Waals surface area (Å²) < 4.78 is 42.8. The van der Waals surface area contributed by atoms with Crippen LogP contribution >= 0.6 is 11.3 Å². The van der Waals surface area contributed by atoms with E-state index in [0.717, 1.165) is 29.5 Å². The molecule has 1 heterocycles. The Balaban J connectivity index is 2.21. The minimum Gasteiger partial charge on any atom is -0.305 e. The van der Waals surface area contributed by atoms with Crippen molar-refractivity contribution in [3.8, 4) is 12.3 Å². The molecule has 2 aromatic carbocycles. The maximum Gasteiger partial charge on any atom is 0.285 e. The first kappa shape index (κ1) is 16.0. The van der Waals surface area contributed by atoms with Crippen molar-refractivity contribution in [3.05, 3.63) is 64.2 Å². The maximum atomic E-state index is 13.7. The number of fused-ring (bicyclic) bond motifs is 1. The molecule has 3 nitrogen and oxygen atoms in total. The van der Waals surface area contributed by atoms with Crippen LogP contribution in [0.25, 0.3) is 10.2 Å². The largest absolute Gasteiger partial charge is 0.305 e. The molecule has 0 saturated carbocycles. The lowest BCUT2D eigenvalue weighted by molar-refractivity contribution is 0.0990. The number of thiazole rings is 1. The van der Waals surface area contributed by atoms with Gasteiger partial charge in [-0.15, -0.1) is 6.42 Å². The van der Waals surface area contributed by atoms with Gasteiger partial charge in [-0.2, -0.15) is 4.99 Å². The van der Waals surface area contributed by atoms with E-state index in [-0.39, 0.29) is 11.3 Å². The van der Waals surface area contributed by atoms with Crippen LogP contribution in [0, 0.1) is 29.8 Å². The number of hydrogen-bond donors (Lipinski definition) is 0. The number of carbonyl (C=O) groups is 1. The summed E-state index contributed by atoms with van der Waals surface area (Å²) in [5, 5.41) is 0. The van der Waals surface area contributed by atoms with Gasteiger partial charge in [0.1, 0.15) is 23.0 Å². The summed E-state index contributed by atoms with van der Waals surface area (Å²) in [5.41, 5.74) is -0.159. The predicted molar refractivity (Wildman–Crippen MR) is 84.9 cm³/mol. The zero-order valence-corrected chi connectivity index (χ0v) is 12.9. The van der Waals surface area contributed by atoms with E-state index in [9.17, 15) is 18.0 Å². The van der Waals surface area contributed by atoms with Gasteiger partial charge in [0, 0.05) is 0 Å². The van der Waals surface area contributed by atoms with Gasteiger partial charge in [-0.05, 0) is 30.3 Å². The molecule has 0 fully saturated rings. The van der Waals surface area contributed by atoms with Crippen LogP contribution in [0.1, 0.15) is 10.4 Å². The van der Waals surface area contributed by atoms with Gasteiger partial charge < -0.3 is 4.57 Å². The molecular formula is C17H9F3N2OS. The Morgan fingerprint density at radius 1 is 1.21 bits per heavy atom. The molecule has 0 aliphatic carbocycles. The van der Waals surface area contributed by atoms with E-state index in [1.54, 1.807) is 0 Å². The summed E-state index contributed by atoms with van der Waals surface area (Å²) >= 11 is 1.01. The lowest BCUT2D eigenvalue weighted by Gasteiger charge is -2.01. The quantitative estimate of drug-likeness (QED) is 0.654. The molecule has 1 amide bonds. The molecule has 7 heteroatoms. The highest BCUT2D eigenvalue weighted by molar-refractivity contribution is 7.16. The molecule has 1 aromatic heterocycles. The Bertz CT molecular complexity index is 1040. The normalized spacial score (nSPS) is 11.7. The molecule has 0 radical (unpaired) electrons. The second-order valence-electron chi connectivity index (χ2n) is 4.80. The number of nitrogens with zero attached hydrogens (tertiary/aromatic N) is 2. The van der Waals surface area contributed by atoms with Crippen LogP contribution in [-0.4, -0.2) is 10.5 Å². The Kier molecular flexibility index (Phi) is 4.23. The van der Waals surface area contributed by atoms with E-state index in [1.165, 1.54) is 22.8 Å². The topological polar surface area (TPSA) is 34.4 Å². The summed E-state index contributed by atoms with van der Waals surface area (Å²) in [6.45, 7) is 0.0809. The first-order valence-electron chi connectivity index (χ1n) is 6.76. The Morgan fingerprint density at radius 2 is 1.92 bits per heavy atom. The predicted octanol–water partition coefficient (Wildman–Crippen LogP) is 3.49. The Hall–Kier alpha value is -2.85. The average Bonchev–Trinajstić information content (AvgIpc) is 2.84. The van der Waals surface area contributed by atoms with Gasteiger partial charge in [-0.3, -0.25) is 4.79 Å². The van der Waals surface area contributed by atoms with Crippen LogP contribution < -0.4 is 4.80 Å². The van der Waals surface area contributed by atoms with E-state index in [0.29, 0.717) is 10.2 Å². The zero-order chi connectivity index (χ0) is 17.3. The molecule has 0 aliphatic heterocycles. The molecule has 120 valence electrons. The molecule has 0 unspecified atom stereocenters. The first-order chi connectivity index (χ1) is 11.5. The minimum atomic E-state index is -1.07. The monoisotopic (exact) mass is 346 g/mol. The summed E-state index contributed by atoms with van der Waals surface area (Å²) in [6.07, 6.45) is 5.31. The zero-order valence-electron chi connectivity index (χ0n) is 12.1.